The van der Waals surface area contributed by atoms with Crippen LogP contribution in [0.2, 0.25) is 10.2 Å². The standard InChI is InChI=1S/C12H11Cl2N7/c1-15-6-3-20(4-6)11-12-19-16-5-21(12)8-2-7(13)9(14)17-10(8)18-11/h2,5-6,15H,3-4H2,1H3. The van der Waals surface area contributed by atoms with Crippen molar-refractivity contribution in [1.29, 1.82) is 0 Å². The fraction of sp³-hybridized carbons (Fsp3) is 0.333. The number of halogens is 2. The second kappa shape index (κ2) is 4.66. The average molecular weight is 324 g/mol. The summed E-state index contributed by atoms with van der Waals surface area (Å²) in [6, 6.07) is 2.19. The summed E-state index contributed by atoms with van der Waals surface area (Å²) in [4.78, 5) is 11.0. The van der Waals surface area contributed by atoms with Crippen LogP contribution in [-0.4, -0.2) is 50.7 Å². The van der Waals surface area contributed by atoms with Crippen LogP contribution in [0.5, 0.6) is 0 Å². The topological polar surface area (TPSA) is 71.2 Å². The molecule has 3 aromatic rings. The van der Waals surface area contributed by atoms with Gasteiger partial charge in [0.15, 0.2) is 11.5 Å². The molecule has 0 aliphatic carbocycles. The molecular weight excluding hydrogens is 313 g/mol. The third-order valence-electron chi connectivity index (χ3n) is 3.70. The molecule has 4 rings (SSSR count). The molecule has 1 aliphatic heterocycles. The van der Waals surface area contributed by atoms with Gasteiger partial charge < -0.3 is 10.2 Å². The minimum atomic E-state index is 0.242. The summed E-state index contributed by atoms with van der Waals surface area (Å²) in [6.45, 7) is 1.75. The third-order valence-corrected chi connectivity index (χ3v) is 4.38. The molecular formula is C12H11Cl2N7. The summed E-state index contributed by atoms with van der Waals surface area (Å²) < 4.78 is 1.83. The van der Waals surface area contributed by atoms with E-state index in [0.29, 0.717) is 22.4 Å². The van der Waals surface area contributed by atoms with E-state index in [2.05, 4.69) is 30.4 Å². The monoisotopic (exact) mass is 323 g/mol. The van der Waals surface area contributed by atoms with Crippen molar-refractivity contribution in [3.63, 3.8) is 0 Å². The molecule has 0 saturated carbocycles. The Bertz CT molecular complexity index is 840. The zero-order chi connectivity index (χ0) is 14.6. The van der Waals surface area contributed by atoms with E-state index in [1.165, 1.54) is 0 Å². The summed E-state index contributed by atoms with van der Waals surface area (Å²) in [5.74, 6) is 0.761. The van der Waals surface area contributed by atoms with Gasteiger partial charge in [0.05, 0.1) is 10.5 Å². The number of nitrogens with one attached hydrogen (secondary N) is 1. The van der Waals surface area contributed by atoms with Crippen molar-refractivity contribution >= 4 is 45.8 Å². The highest BCUT2D eigenvalue weighted by Crippen LogP contribution is 2.29. The summed E-state index contributed by atoms with van der Waals surface area (Å²) >= 11 is 12.0. The van der Waals surface area contributed by atoms with Crippen LogP contribution in [0.1, 0.15) is 0 Å². The SMILES string of the molecule is CNC1CN(c2nc3nc(Cl)c(Cl)cc3n3cnnc23)C1. The smallest absolute Gasteiger partial charge is 0.204 e. The highest BCUT2D eigenvalue weighted by molar-refractivity contribution is 6.41. The molecule has 1 aliphatic rings. The normalized spacial score (nSPS) is 15.9. The van der Waals surface area contributed by atoms with Gasteiger partial charge in [-0.2, -0.15) is 0 Å². The first-order valence-corrected chi connectivity index (χ1v) is 7.20. The van der Waals surface area contributed by atoms with Crippen LogP contribution in [0.4, 0.5) is 5.82 Å². The Balaban J connectivity index is 1.93. The Morgan fingerprint density at radius 3 is 2.86 bits per heavy atom. The van der Waals surface area contributed by atoms with Crippen LogP contribution in [-0.2, 0) is 0 Å². The van der Waals surface area contributed by atoms with Gasteiger partial charge in [-0.05, 0) is 13.1 Å². The molecule has 1 N–H and O–H groups in total. The molecule has 1 saturated heterocycles. The summed E-state index contributed by atoms with van der Waals surface area (Å²) in [5, 5.41) is 12.0. The largest absolute Gasteiger partial charge is 0.350 e. The van der Waals surface area contributed by atoms with E-state index in [-0.39, 0.29) is 5.15 Å². The lowest BCUT2D eigenvalue weighted by Gasteiger charge is -2.39. The number of fused-ring (bicyclic) bond motifs is 3. The molecule has 4 heterocycles. The minimum Gasteiger partial charge on any atom is -0.350 e. The van der Waals surface area contributed by atoms with Gasteiger partial charge in [0.2, 0.25) is 5.65 Å². The number of hydrogen-bond donors (Lipinski definition) is 1. The zero-order valence-electron chi connectivity index (χ0n) is 11.1. The highest BCUT2D eigenvalue weighted by Gasteiger charge is 2.29. The van der Waals surface area contributed by atoms with Gasteiger partial charge in [-0.3, -0.25) is 4.40 Å². The molecule has 1 fully saturated rings. The fourth-order valence-electron chi connectivity index (χ4n) is 2.47. The number of rotatable bonds is 2. The molecule has 0 unspecified atom stereocenters. The lowest BCUT2D eigenvalue weighted by Crippen LogP contribution is -2.57. The van der Waals surface area contributed by atoms with Crippen molar-refractivity contribution in [2.75, 3.05) is 25.0 Å². The number of hydrogen-bond acceptors (Lipinski definition) is 6. The third kappa shape index (κ3) is 1.92. The van der Waals surface area contributed by atoms with E-state index in [4.69, 9.17) is 23.2 Å². The fourth-order valence-corrected chi connectivity index (χ4v) is 2.75. The lowest BCUT2D eigenvalue weighted by atomic mass is 10.1. The number of likely N-dealkylation sites (N-methyl/N-ethyl adjacent to an activating group) is 1. The van der Waals surface area contributed by atoms with Gasteiger partial charge >= 0.3 is 0 Å². The van der Waals surface area contributed by atoms with Crippen molar-refractivity contribution in [1.82, 2.24) is 29.9 Å². The number of pyridine rings is 1. The molecule has 0 spiro atoms. The van der Waals surface area contributed by atoms with Gasteiger partial charge in [-0.1, -0.05) is 23.2 Å². The van der Waals surface area contributed by atoms with E-state index >= 15 is 0 Å². The molecule has 0 aromatic carbocycles. The van der Waals surface area contributed by atoms with Crippen LogP contribution in [0, 0.1) is 0 Å². The Morgan fingerprint density at radius 1 is 1.29 bits per heavy atom. The molecule has 0 atom stereocenters. The van der Waals surface area contributed by atoms with Crippen LogP contribution in [0.3, 0.4) is 0 Å². The maximum atomic E-state index is 6.04. The first kappa shape index (κ1) is 13.0. The Kier molecular flexibility index (Phi) is 2.88. The Morgan fingerprint density at radius 2 is 2.10 bits per heavy atom. The molecule has 3 aromatic heterocycles. The van der Waals surface area contributed by atoms with E-state index in [1.54, 1.807) is 12.4 Å². The maximum Gasteiger partial charge on any atom is 0.204 e. The predicted octanol–water partition coefficient (Wildman–Crippen LogP) is 1.39. The van der Waals surface area contributed by atoms with E-state index in [9.17, 15) is 0 Å². The van der Waals surface area contributed by atoms with Crippen molar-refractivity contribution in [2.24, 2.45) is 0 Å². The maximum absolute atomic E-state index is 6.04. The predicted molar refractivity (Wildman–Crippen MR) is 81.2 cm³/mol. The van der Waals surface area contributed by atoms with Gasteiger partial charge in [-0.15, -0.1) is 10.2 Å². The molecule has 0 amide bonds. The molecule has 0 radical (unpaired) electrons. The van der Waals surface area contributed by atoms with E-state index < -0.39 is 0 Å². The zero-order valence-corrected chi connectivity index (χ0v) is 12.6. The van der Waals surface area contributed by atoms with Crippen molar-refractivity contribution in [3.8, 4) is 0 Å². The van der Waals surface area contributed by atoms with Crippen LogP contribution in [0.25, 0.3) is 16.8 Å². The van der Waals surface area contributed by atoms with Gasteiger partial charge in [0.1, 0.15) is 11.5 Å². The van der Waals surface area contributed by atoms with Crippen molar-refractivity contribution in [3.05, 3.63) is 22.6 Å². The van der Waals surface area contributed by atoms with E-state index in [0.717, 1.165) is 24.4 Å². The average Bonchev–Trinajstić information content (AvgIpc) is 2.89. The minimum absolute atomic E-state index is 0.242. The second-order valence-electron chi connectivity index (χ2n) is 4.95. The Hall–Kier alpha value is -1.70. The van der Waals surface area contributed by atoms with Crippen molar-refractivity contribution < 1.29 is 0 Å². The summed E-state index contributed by atoms with van der Waals surface area (Å²) in [6.07, 6.45) is 1.63. The van der Waals surface area contributed by atoms with Gasteiger partial charge in [0, 0.05) is 19.1 Å². The number of aromatic nitrogens is 5. The second-order valence-corrected chi connectivity index (χ2v) is 5.72. The first-order chi connectivity index (χ1) is 10.2. The molecule has 108 valence electrons. The van der Waals surface area contributed by atoms with Crippen LogP contribution in [0.15, 0.2) is 12.4 Å². The van der Waals surface area contributed by atoms with Gasteiger partial charge in [-0.25, -0.2) is 9.97 Å². The van der Waals surface area contributed by atoms with E-state index in [1.807, 2.05) is 11.4 Å². The van der Waals surface area contributed by atoms with Crippen LogP contribution >= 0.6 is 23.2 Å². The molecule has 21 heavy (non-hydrogen) atoms. The lowest BCUT2D eigenvalue weighted by molar-refractivity contribution is 0.448. The molecule has 7 nitrogen and oxygen atoms in total. The number of anilines is 1. The first-order valence-electron chi connectivity index (χ1n) is 6.45. The number of nitrogens with zero attached hydrogens (tertiary/aromatic N) is 6. The molecule has 0 bridgehead atoms. The molecule has 9 heteroatoms. The van der Waals surface area contributed by atoms with Crippen molar-refractivity contribution in [2.45, 2.75) is 6.04 Å². The van der Waals surface area contributed by atoms with Crippen LogP contribution < -0.4 is 10.2 Å². The highest BCUT2D eigenvalue weighted by atomic mass is 35.5. The van der Waals surface area contributed by atoms with Gasteiger partial charge in [0.25, 0.3) is 0 Å². The summed E-state index contributed by atoms with van der Waals surface area (Å²) in [5.41, 5.74) is 1.95. The summed E-state index contributed by atoms with van der Waals surface area (Å²) in [7, 11) is 1.95. The Labute approximate surface area is 129 Å². The quantitative estimate of drug-likeness (QED) is 0.718.